The Labute approximate surface area is 124 Å². The highest BCUT2D eigenvalue weighted by Crippen LogP contribution is 2.32. The molecule has 19 heavy (non-hydrogen) atoms. The Bertz CT molecular complexity index is 586. The van der Waals surface area contributed by atoms with E-state index in [1.54, 1.807) is 0 Å². The van der Waals surface area contributed by atoms with Crippen molar-refractivity contribution in [2.24, 2.45) is 0 Å². The normalized spacial score (nSPS) is 11.6. The van der Waals surface area contributed by atoms with Crippen LogP contribution in [0, 0.1) is 0 Å². The minimum Gasteiger partial charge on any atom is -0.364 e. The van der Waals surface area contributed by atoms with Crippen molar-refractivity contribution in [1.82, 2.24) is 4.98 Å². The van der Waals surface area contributed by atoms with Crippen molar-refractivity contribution >= 4 is 44.7 Å². The van der Waals surface area contributed by atoms with Crippen molar-refractivity contribution in [3.8, 4) is 0 Å². The number of hydrogen-bond acceptors (Lipinski definition) is 3. The van der Waals surface area contributed by atoms with Crippen LogP contribution >= 0.6 is 38.9 Å². The molecule has 0 radical (unpaired) electrons. The lowest BCUT2D eigenvalue weighted by atomic mass is 10.3. The molecule has 0 aromatic carbocycles. The number of rotatable bonds is 3. The average molecular weight is 372 g/mol. The van der Waals surface area contributed by atoms with E-state index < -0.39 is 11.7 Å². The summed E-state index contributed by atoms with van der Waals surface area (Å²) in [5, 5.41) is 4.77. The second-order valence-electron chi connectivity index (χ2n) is 3.64. The Balaban J connectivity index is 2.09. The van der Waals surface area contributed by atoms with E-state index in [1.165, 1.54) is 11.3 Å². The van der Waals surface area contributed by atoms with Crippen LogP contribution in [0.15, 0.2) is 28.2 Å². The molecule has 1 N–H and O–H groups in total. The number of aromatic nitrogens is 1. The standard InChI is InChI=1S/C11H7BrClF3N2S/c12-7-2-8(19-5-7)4-18-10-9(13)1-6(3-17-10)11(14,15)16/h1-3,5H,4H2,(H,17,18). The van der Waals surface area contributed by atoms with E-state index >= 15 is 0 Å². The highest BCUT2D eigenvalue weighted by Gasteiger charge is 2.31. The van der Waals surface area contributed by atoms with Crippen molar-refractivity contribution < 1.29 is 13.2 Å². The van der Waals surface area contributed by atoms with Crippen molar-refractivity contribution in [2.45, 2.75) is 12.7 Å². The van der Waals surface area contributed by atoms with Gasteiger partial charge in [0, 0.05) is 20.9 Å². The fourth-order valence-electron chi connectivity index (χ4n) is 1.34. The molecule has 2 rings (SSSR count). The Kier molecular flexibility index (Phi) is 4.37. The van der Waals surface area contributed by atoms with E-state index in [2.05, 4.69) is 26.2 Å². The lowest BCUT2D eigenvalue weighted by Crippen LogP contribution is -2.07. The van der Waals surface area contributed by atoms with Gasteiger partial charge in [0.2, 0.25) is 0 Å². The molecule has 0 aliphatic heterocycles. The molecule has 2 aromatic rings. The molecule has 0 aliphatic carbocycles. The van der Waals surface area contributed by atoms with Crippen LogP contribution in [0.1, 0.15) is 10.4 Å². The monoisotopic (exact) mass is 370 g/mol. The predicted octanol–water partition coefficient (Wildman–Crippen LogP) is 5.19. The molecule has 0 fully saturated rings. The smallest absolute Gasteiger partial charge is 0.364 e. The van der Waals surface area contributed by atoms with E-state index in [4.69, 9.17) is 11.6 Å². The second kappa shape index (κ2) is 5.68. The van der Waals surface area contributed by atoms with Crippen molar-refractivity contribution in [2.75, 3.05) is 5.32 Å². The third kappa shape index (κ3) is 3.84. The molecule has 0 atom stereocenters. The highest BCUT2D eigenvalue weighted by atomic mass is 79.9. The molecule has 0 saturated carbocycles. The number of hydrogen-bond donors (Lipinski definition) is 1. The van der Waals surface area contributed by atoms with Gasteiger partial charge in [0.1, 0.15) is 5.82 Å². The van der Waals surface area contributed by atoms with Gasteiger partial charge in [0.15, 0.2) is 0 Å². The van der Waals surface area contributed by atoms with Gasteiger partial charge < -0.3 is 5.32 Å². The lowest BCUT2D eigenvalue weighted by Gasteiger charge is -2.10. The van der Waals surface area contributed by atoms with Crippen LogP contribution in [-0.2, 0) is 12.7 Å². The number of nitrogens with zero attached hydrogens (tertiary/aromatic N) is 1. The summed E-state index contributed by atoms with van der Waals surface area (Å²) in [7, 11) is 0. The summed E-state index contributed by atoms with van der Waals surface area (Å²) in [5.74, 6) is 0.235. The van der Waals surface area contributed by atoms with Gasteiger partial charge in [-0.15, -0.1) is 11.3 Å². The third-order valence-electron chi connectivity index (χ3n) is 2.22. The molecule has 2 heterocycles. The van der Waals surface area contributed by atoms with Crippen LogP contribution in [-0.4, -0.2) is 4.98 Å². The highest BCUT2D eigenvalue weighted by molar-refractivity contribution is 9.10. The van der Waals surface area contributed by atoms with Gasteiger partial charge in [-0.1, -0.05) is 11.6 Å². The largest absolute Gasteiger partial charge is 0.417 e. The number of halogens is 5. The van der Waals surface area contributed by atoms with Gasteiger partial charge in [-0.3, -0.25) is 0 Å². The number of anilines is 1. The Hall–Kier alpha value is -0.790. The van der Waals surface area contributed by atoms with E-state index in [0.29, 0.717) is 6.54 Å². The maximum atomic E-state index is 12.4. The summed E-state index contributed by atoms with van der Waals surface area (Å²) in [4.78, 5) is 4.71. The van der Waals surface area contributed by atoms with Crippen LogP contribution in [0.25, 0.3) is 0 Å². The predicted molar refractivity (Wildman–Crippen MR) is 73.6 cm³/mol. The van der Waals surface area contributed by atoms with E-state index in [9.17, 15) is 13.2 Å². The Morgan fingerprint density at radius 3 is 2.63 bits per heavy atom. The van der Waals surface area contributed by atoms with Crippen LogP contribution in [0.5, 0.6) is 0 Å². The van der Waals surface area contributed by atoms with Crippen LogP contribution in [0.2, 0.25) is 5.02 Å². The zero-order chi connectivity index (χ0) is 14.0. The lowest BCUT2D eigenvalue weighted by molar-refractivity contribution is -0.137. The molecule has 2 nitrogen and oxygen atoms in total. The molecule has 0 spiro atoms. The Morgan fingerprint density at radius 2 is 2.11 bits per heavy atom. The van der Waals surface area contributed by atoms with Crippen LogP contribution in [0.3, 0.4) is 0 Å². The Morgan fingerprint density at radius 1 is 1.37 bits per heavy atom. The first-order valence-corrected chi connectivity index (χ1v) is 7.11. The summed E-state index contributed by atoms with van der Waals surface area (Å²) >= 11 is 10.6. The zero-order valence-electron chi connectivity index (χ0n) is 9.26. The van der Waals surface area contributed by atoms with Gasteiger partial charge in [-0.05, 0) is 28.1 Å². The van der Waals surface area contributed by atoms with Gasteiger partial charge in [-0.2, -0.15) is 13.2 Å². The zero-order valence-corrected chi connectivity index (χ0v) is 12.4. The fraction of sp³-hybridized carbons (Fsp3) is 0.182. The first kappa shape index (κ1) is 14.6. The van der Waals surface area contributed by atoms with Crippen LogP contribution in [0.4, 0.5) is 19.0 Å². The van der Waals surface area contributed by atoms with Gasteiger partial charge in [0.05, 0.1) is 17.1 Å². The molecule has 8 heteroatoms. The minimum absolute atomic E-state index is 0.0505. The average Bonchev–Trinajstić information content (AvgIpc) is 2.72. The van der Waals surface area contributed by atoms with E-state index in [0.717, 1.165) is 21.6 Å². The summed E-state index contributed by atoms with van der Waals surface area (Å²) in [5.41, 5.74) is -0.859. The molecular formula is C11H7BrClF3N2S. The molecule has 0 unspecified atom stereocenters. The van der Waals surface area contributed by atoms with Gasteiger partial charge in [0.25, 0.3) is 0 Å². The third-order valence-corrected chi connectivity index (χ3v) is 4.21. The fourth-order valence-corrected chi connectivity index (χ4v) is 2.96. The topological polar surface area (TPSA) is 24.9 Å². The van der Waals surface area contributed by atoms with Crippen molar-refractivity contribution in [3.05, 3.63) is 43.6 Å². The van der Waals surface area contributed by atoms with Crippen molar-refractivity contribution in [3.63, 3.8) is 0 Å². The SMILES string of the molecule is FC(F)(F)c1cnc(NCc2cc(Br)cs2)c(Cl)c1. The molecule has 0 amide bonds. The van der Waals surface area contributed by atoms with Gasteiger partial charge >= 0.3 is 6.18 Å². The number of pyridine rings is 1. The molecule has 102 valence electrons. The number of thiophene rings is 1. The summed E-state index contributed by atoms with van der Waals surface area (Å²) in [6.07, 6.45) is -3.67. The minimum atomic E-state index is -4.44. The molecular weight excluding hydrogens is 365 g/mol. The van der Waals surface area contributed by atoms with Gasteiger partial charge in [-0.25, -0.2) is 4.98 Å². The van der Waals surface area contributed by atoms with E-state index in [1.807, 2.05) is 11.4 Å². The second-order valence-corrected chi connectivity index (χ2v) is 5.96. The first-order chi connectivity index (χ1) is 8.86. The molecule has 2 aromatic heterocycles. The quantitative estimate of drug-likeness (QED) is 0.803. The number of nitrogens with one attached hydrogen (secondary N) is 1. The summed E-state index contributed by atoms with van der Waals surface area (Å²) in [6.45, 7) is 0.453. The number of alkyl halides is 3. The van der Waals surface area contributed by atoms with Crippen molar-refractivity contribution in [1.29, 1.82) is 0 Å². The molecule has 0 bridgehead atoms. The maximum absolute atomic E-state index is 12.4. The first-order valence-electron chi connectivity index (χ1n) is 5.06. The maximum Gasteiger partial charge on any atom is 0.417 e. The van der Waals surface area contributed by atoms with Crippen LogP contribution < -0.4 is 5.32 Å². The summed E-state index contributed by atoms with van der Waals surface area (Å²) < 4.78 is 38.3. The van der Waals surface area contributed by atoms with E-state index in [-0.39, 0.29) is 10.8 Å². The molecule has 0 saturated heterocycles. The molecule has 0 aliphatic rings. The summed E-state index contributed by atoms with van der Waals surface area (Å²) in [6, 6.07) is 2.77.